The highest BCUT2D eigenvalue weighted by molar-refractivity contribution is 7.26. The molecule has 0 bridgehead atoms. The Hall–Kier alpha value is -7.34. The number of fused-ring (bicyclic) bond motifs is 10. The maximum Gasteiger partial charge on any atom is 0.252 e. The lowest BCUT2D eigenvalue weighted by atomic mass is 9.32. The molecule has 10 aromatic rings. The largest absolute Gasteiger partial charge is 0.311 e. The summed E-state index contributed by atoms with van der Waals surface area (Å²) in [5, 5.41) is 2.60. The van der Waals surface area contributed by atoms with E-state index in [1.54, 1.807) is 0 Å². The number of benzene rings is 9. The van der Waals surface area contributed by atoms with Crippen molar-refractivity contribution in [1.29, 1.82) is 0 Å². The topological polar surface area (TPSA) is 9.72 Å². The molecule has 1 aromatic heterocycles. The predicted molar refractivity (Wildman–Crippen MR) is 370 cm³/mol. The number of nitrogens with zero attached hydrogens (tertiary/aromatic N) is 3. The summed E-state index contributed by atoms with van der Waals surface area (Å²) >= 11 is 1.93. The summed E-state index contributed by atoms with van der Waals surface area (Å²) in [5.74, 6) is 0. The van der Waals surface area contributed by atoms with Gasteiger partial charge in [0.15, 0.2) is 0 Å². The van der Waals surface area contributed by atoms with Crippen molar-refractivity contribution in [1.82, 2.24) is 0 Å². The zero-order valence-electron chi connectivity index (χ0n) is 53.7. The molecule has 2 aliphatic heterocycles. The van der Waals surface area contributed by atoms with Crippen molar-refractivity contribution in [2.45, 2.75) is 169 Å². The van der Waals surface area contributed by atoms with Crippen LogP contribution in [0, 0.1) is 6.92 Å². The van der Waals surface area contributed by atoms with E-state index in [-0.39, 0.29) is 44.6 Å². The number of rotatable bonds is 5. The van der Waals surface area contributed by atoms with Gasteiger partial charge in [-0.1, -0.05) is 221 Å². The molecule has 0 radical (unpaired) electrons. The fraction of sp³-hybridized carbons (Fsp3) is 0.325. The molecule has 0 saturated heterocycles. The summed E-state index contributed by atoms with van der Waals surface area (Å²) < 4.78 is 2.60. The molecular formula is C80H84BN3S. The van der Waals surface area contributed by atoms with Crippen LogP contribution in [0.25, 0.3) is 20.2 Å². The van der Waals surface area contributed by atoms with Gasteiger partial charge in [-0.3, -0.25) is 0 Å². The Kier molecular flexibility index (Phi) is 12.0. The molecule has 0 spiro atoms. The van der Waals surface area contributed by atoms with Crippen LogP contribution < -0.4 is 31.1 Å². The minimum Gasteiger partial charge on any atom is -0.311 e. The Morgan fingerprint density at radius 2 is 0.859 bits per heavy atom. The molecule has 0 unspecified atom stereocenters. The van der Waals surface area contributed by atoms with Gasteiger partial charge in [0, 0.05) is 66.1 Å². The molecule has 428 valence electrons. The van der Waals surface area contributed by atoms with Crippen molar-refractivity contribution in [3.63, 3.8) is 0 Å². The zero-order chi connectivity index (χ0) is 60.0. The van der Waals surface area contributed by atoms with E-state index in [4.69, 9.17) is 0 Å². The third-order valence-corrected chi connectivity index (χ3v) is 21.7. The van der Waals surface area contributed by atoms with E-state index in [0.717, 1.165) is 23.5 Å². The third kappa shape index (κ3) is 8.39. The van der Waals surface area contributed by atoms with Gasteiger partial charge in [0.25, 0.3) is 6.71 Å². The SMILES string of the molecule is Cc1cc(C(C)(C)C)ccc1N1c2cc3c(cc2B2c4cc5c(cc4N(c4cccc6c4sc4ccccc46)c4cc(N(c6ccc(C(C)(C)C)cc6)c6ccc(C(C)(C)C)cc6)cc1c42)C(C)(C)c1ccccc1C5(C)C)C(C)(C)CC3(C)C. The first-order valence-corrected chi connectivity index (χ1v) is 32.1. The summed E-state index contributed by atoms with van der Waals surface area (Å²) in [6, 6.07) is 67.5. The van der Waals surface area contributed by atoms with Crippen LogP contribution in [-0.4, -0.2) is 6.71 Å². The van der Waals surface area contributed by atoms with Crippen molar-refractivity contribution in [3.8, 4) is 0 Å². The maximum absolute atomic E-state index is 2.73. The first-order chi connectivity index (χ1) is 39.9. The molecule has 3 heterocycles. The first-order valence-electron chi connectivity index (χ1n) is 31.2. The number of anilines is 9. The fourth-order valence-electron chi connectivity index (χ4n) is 16.0. The van der Waals surface area contributed by atoms with Crippen molar-refractivity contribution in [2.75, 3.05) is 14.7 Å². The second kappa shape index (κ2) is 18.3. The quantitative estimate of drug-likeness (QED) is 0.159. The van der Waals surface area contributed by atoms with Crippen LogP contribution in [-0.2, 0) is 37.9 Å². The lowest BCUT2D eigenvalue weighted by Crippen LogP contribution is -2.62. The van der Waals surface area contributed by atoms with Gasteiger partial charge >= 0.3 is 0 Å². The van der Waals surface area contributed by atoms with E-state index >= 15 is 0 Å². The van der Waals surface area contributed by atoms with Gasteiger partial charge in [-0.05, 0) is 179 Å². The fourth-order valence-corrected chi connectivity index (χ4v) is 17.2. The van der Waals surface area contributed by atoms with E-state index < -0.39 is 0 Å². The standard InChI is InChI=1S/C80H84BN3S/c1-48-40-51(76(8,9)10)34-39-65(48)83-67-45-60-59(77(11,12)47-78(60,13)14)43-63(67)81-64-44-61-62(80(17,18)58-27-21-20-26-57(58)79(61,15)16)46-68(64)84(66-28-23-25-56-55-24-19-22-29-71(55)85-73(56)66)70-42-54(41-69(83)72(70)81)82(52-35-30-49(31-36-52)74(2,3)4)53-37-32-50(33-38-53)75(5,6)7/h19-46H,47H2,1-18H3. The van der Waals surface area contributed by atoms with Crippen LogP contribution in [0.15, 0.2) is 170 Å². The van der Waals surface area contributed by atoms with Crippen molar-refractivity contribution in [3.05, 3.63) is 225 Å². The number of hydrogen-bond donors (Lipinski definition) is 0. The second-order valence-electron chi connectivity index (χ2n) is 31.1. The highest BCUT2D eigenvalue weighted by Gasteiger charge is 2.51. The van der Waals surface area contributed by atoms with E-state index in [1.807, 2.05) is 11.3 Å². The smallest absolute Gasteiger partial charge is 0.252 e. The molecule has 9 aromatic carbocycles. The Morgan fingerprint density at radius 1 is 0.400 bits per heavy atom. The molecule has 4 aliphatic rings. The molecule has 3 nitrogen and oxygen atoms in total. The molecule has 0 N–H and O–H groups in total. The van der Waals surface area contributed by atoms with E-state index in [2.05, 4.69) is 309 Å². The monoisotopic (exact) mass is 1130 g/mol. The van der Waals surface area contributed by atoms with Crippen molar-refractivity contribution in [2.24, 2.45) is 0 Å². The maximum atomic E-state index is 2.73. The summed E-state index contributed by atoms with van der Waals surface area (Å²) in [7, 11) is 0. The molecular weight excluding hydrogens is 1050 g/mol. The minimum atomic E-state index is -0.275. The summed E-state index contributed by atoms with van der Waals surface area (Å²) in [6.07, 6.45) is 1.08. The van der Waals surface area contributed by atoms with Crippen LogP contribution >= 0.6 is 11.3 Å². The van der Waals surface area contributed by atoms with Crippen LogP contribution in [0.4, 0.5) is 51.2 Å². The molecule has 0 amide bonds. The number of hydrogen-bond acceptors (Lipinski definition) is 4. The highest BCUT2D eigenvalue weighted by atomic mass is 32.1. The lowest BCUT2D eigenvalue weighted by Gasteiger charge is -2.48. The van der Waals surface area contributed by atoms with E-state index in [9.17, 15) is 0 Å². The molecule has 0 atom stereocenters. The lowest BCUT2D eigenvalue weighted by molar-refractivity contribution is 0.403. The Bertz CT molecular complexity index is 4360. The molecule has 2 aliphatic carbocycles. The van der Waals surface area contributed by atoms with Crippen molar-refractivity contribution < 1.29 is 0 Å². The number of thiophene rings is 1. The van der Waals surface area contributed by atoms with Gasteiger partial charge in [0.05, 0.1) is 16.1 Å². The predicted octanol–water partition coefficient (Wildman–Crippen LogP) is 20.7. The molecule has 0 fully saturated rings. The third-order valence-electron chi connectivity index (χ3n) is 20.5. The zero-order valence-corrected chi connectivity index (χ0v) is 54.5. The summed E-state index contributed by atoms with van der Waals surface area (Å²) in [5.41, 5.74) is 28.0. The van der Waals surface area contributed by atoms with E-state index in [0.29, 0.717) is 0 Å². The van der Waals surface area contributed by atoms with Crippen molar-refractivity contribution >= 4 is 106 Å². The highest BCUT2D eigenvalue weighted by Crippen LogP contribution is 2.57. The van der Waals surface area contributed by atoms with Gasteiger partial charge in [-0.25, -0.2) is 0 Å². The van der Waals surface area contributed by atoms with Gasteiger partial charge < -0.3 is 14.7 Å². The minimum absolute atomic E-state index is 0.00642. The first kappa shape index (κ1) is 55.5. The van der Waals surface area contributed by atoms with Gasteiger partial charge in [-0.2, -0.15) is 0 Å². The second-order valence-corrected chi connectivity index (χ2v) is 32.1. The van der Waals surface area contributed by atoms with Crippen LogP contribution in [0.5, 0.6) is 0 Å². The van der Waals surface area contributed by atoms with Crippen LogP contribution in [0.1, 0.15) is 180 Å². The van der Waals surface area contributed by atoms with Gasteiger partial charge in [0.2, 0.25) is 0 Å². The Balaban J connectivity index is 1.17. The summed E-state index contributed by atoms with van der Waals surface area (Å²) in [6.45, 7) is 43.0. The number of aryl methyl sites for hydroxylation is 1. The van der Waals surface area contributed by atoms with Crippen LogP contribution in [0.2, 0.25) is 0 Å². The Morgan fingerprint density at radius 3 is 1.40 bits per heavy atom. The van der Waals surface area contributed by atoms with Gasteiger partial charge in [0.1, 0.15) is 0 Å². The average molecular weight is 1130 g/mol. The van der Waals surface area contributed by atoms with Crippen LogP contribution in [0.3, 0.4) is 0 Å². The Labute approximate surface area is 511 Å². The molecule has 5 heteroatoms. The molecule has 0 saturated carbocycles. The average Bonchev–Trinajstić information content (AvgIpc) is 1.32. The normalized spacial score (nSPS) is 16.8. The molecule has 14 rings (SSSR count). The summed E-state index contributed by atoms with van der Waals surface area (Å²) in [4.78, 5) is 8.00. The van der Waals surface area contributed by atoms with E-state index in [1.165, 1.54) is 126 Å². The molecule has 85 heavy (non-hydrogen) atoms. The van der Waals surface area contributed by atoms with Gasteiger partial charge in [-0.15, -0.1) is 11.3 Å².